The van der Waals surface area contributed by atoms with Gasteiger partial charge in [-0.05, 0) is 37.6 Å². The lowest BCUT2D eigenvalue weighted by Gasteiger charge is -2.06. The summed E-state index contributed by atoms with van der Waals surface area (Å²) in [6, 6.07) is 24.8. The first-order valence-electron chi connectivity index (χ1n) is 10.4. The zero-order valence-electron chi connectivity index (χ0n) is 17.6. The van der Waals surface area contributed by atoms with Crippen molar-refractivity contribution in [3.05, 3.63) is 118 Å². The molecule has 0 bridgehead atoms. The Morgan fingerprint density at radius 2 is 1.71 bits per heavy atom. The van der Waals surface area contributed by atoms with Gasteiger partial charge in [0, 0.05) is 34.8 Å². The van der Waals surface area contributed by atoms with E-state index in [1.54, 1.807) is 0 Å². The topological polar surface area (TPSA) is 31.2 Å². The smallest absolute Gasteiger partial charge is 0.343 e. The summed E-state index contributed by atoms with van der Waals surface area (Å²) >= 11 is 0. The number of carbonyl (C=O) groups excluding carboxylic acids is 1. The molecule has 0 radical (unpaired) electrons. The zero-order chi connectivity index (χ0) is 21.4. The first-order valence-corrected chi connectivity index (χ1v) is 10.4. The highest BCUT2D eigenvalue weighted by Gasteiger charge is 2.22. The van der Waals surface area contributed by atoms with E-state index in [0.29, 0.717) is 11.3 Å². The first-order chi connectivity index (χ1) is 15.1. The Bertz CT molecular complexity index is 1350. The van der Waals surface area contributed by atoms with Gasteiger partial charge in [-0.3, -0.25) is 0 Å². The van der Waals surface area contributed by atoms with Crippen LogP contribution in [0.5, 0.6) is 0 Å². The fourth-order valence-electron chi connectivity index (χ4n) is 4.04. The molecule has 31 heavy (non-hydrogen) atoms. The second kappa shape index (κ2) is 7.77. The number of aromatic nitrogens is 1. The summed E-state index contributed by atoms with van der Waals surface area (Å²) in [5.74, 6) is 0.283. The minimum absolute atomic E-state index is 0.314. The van der Waals surface area contributed by atoms with E-state index in [2.05, 4.69) is 54.1 Å². The molecule has 0 saturated carbocycles. The van der Waals surface area contributed by atoms with Crippen LogP contribution >= 0.6 is 0 Å². The Labute approximate surface area is 181 Å². The summed E-state index contributed by atoms with van der Waals surface area (Å²) in [6.07, 6.45) is 5.88. The number of hydrogen-bond acceptors (Lipinski definition) is 2. The summed E-state index contributed by atoms with van der Waals surface area (Å²) < 4.78 is 7.78. The van der Waals surface area contributed by atoms with Crippen molar-refractivity contribution in [1.29, 1.82) is 0 Å². The number of nitrogens with zero attached hydrogens (tertiary/aromatic N) is 1. The molecule has 4 aromatic rings. The van der Waals surface area contributed by atoms with E-state index in [4.69, 9.17) is 4.74 Å². The van der Waals surface area contributed by atoms with Crippen LogP contribution in [0.4, 0.5) is 0 Å². The van der Waals surface area contributed by atoms with E-state index in [0.717, 1.165) is 28.6 Å². The number of aryl methyl sites for hydroxylation is 2. The number of esters is 1. The van der Waals surface area contributed by atoms with Crippen molar-refractivity contribution in [2.75, 3.05) is 0 Å². The number of carbonyl (C=O) groups is 1. The van der Waals surface area contributed by atoms with E-state index >= 15 is 0 Å². The van der Waals surface area contributed by atoms with Gasteiger partial charge in [0.25, 0.3) is 0 Å². The van der Waals surface area contributed by atoms with E-state index in [1.807, 2.05) is 55.5 Å². The van der Waals surface area contributed by atoms with Crippen molar-refractivity contribution >= 4 is 28.7 Å². The molecule has 3 nitrogen and oxygen atoms in total. The first kappa shape index (κ1) is 19.1. The third-order valence-corrected chi connectivity index (χ3v) is 5.63. The van der Waals surface area contributed by atoms with Crippen LogP contribution in [0.2, 0.25) is 0 Å². The number of ether oxygens (including phenoxy) is 1. The van der Waals surface area contributed by atoms with Crippen LogP contribution in [0.1, 0.15) is 27.8 Å². The average molecular weight is 405 g/mol. The van der Waals surface area contributed by atoms with Gasteiger partial charge < -0.3 is 9.30 Å². The molecule has 3 heteroatoms. The molecule has 0 unspecified atom stereocenters. The Morgan fingerprint density at radius 1 is 0.903 bits per heavy atom. The van der Waals surface area contributed by atoms with Gasteiger partial charge in [-0.25, -0.2) is 4.79 Å². The summed E-state index contributed by atoms with van der Waals surface area (Å²) in [7, 11) is 0. The SMILES string of the molecule is Cc1ccc(C2=CC(=Cc3cn(Cc4cccc(C)c4)c4ccccc34)C(=O)O2)cc1. The van der Waals surface area contributed by atoms with Gasteiger partial charge in [-0.1, -0.05) is 77.9 Å². The summed E-state index contributed by atoms with van der Waals surface area (Å²) in [5, 5.41) is 1.12. The lowest BCUT2D eigenvalue weighted by Crippen LogP contribution is -1.98. The van der Waals surface area contributed by atoms with E-state index in [9.17, 15) is 4.79 Å². The molecule has 0 amide bonds. The standard InChI is InChI=1S/C28H23NO2/c1-19-10-12-22(13-11-19)27-16-23(28(30)31-27)15-24-18-29(26-9-4-3-8-25(24)26)17-21-7-5-6-20(2)14-21/h3-16,18H,17H2,1-2H3. The third kappa shape index (κ3) is 3.82. The van der Waals surface area contributed by atoms with Crippen molar-refractivity contribution in [3.63, 3.8) is 0 Å². The van der Waals surface area contributed by atoms with Gasteiger partial charge in [0.15, 0.2) is 0 Å². The lowest BCUT2D eigenvalue weighted by molar-refractivity contribution is -0.130. The molecular weight excluding hydrogens is 382 g/mol. The summed E-state index contributed by atoms with van der Waals surface area (Å²) in [4.78, 5) is 12.6. The number of benzene rings is 3. The lowest BCUT2D eigenvalue weighted by atomic mass is 10.1. The number of para-hydroxylation sites is 1. The predicted octanol–water partition coefficient (Wildman–Crippen LogP) is 6.29. The van der Waals surface area contributed by atoms with E-state index in [1.165, 1.54) is 16.7 Å². The summed E-state index contributed by atoms with van der Waals surface area (Å²) in [5.41, 5.74) is 7.30. The fraction of sp³-hybridized carbons (Fsp3) is 0.107. The van der Waals surface area contributed by atoms with Crippen LogP contribution < -0.4 is 0 Å². The van der Waals surface area contributed by atoms with Gasteiger partial charge >= 0.3 is 5.97 Å². The molecule has 1 aliphatic rings. The number of hydrogen-bond donors (Lipinski definition) is 0. The number of cyclic esters (lactones) is 1. The highest BCUT2D eigenvalue weighted by atomic mass is 16.5. The van der Waals surface area contributed by atoms with Crippen molar-refractivity contribution in [1.82, 2.24) is 4.57 Å². The average Bonchev–Trinajstić information content (AvgIpc) is 3.30. The van der Waals surface area contributed by atoms with Crippen molar-refractivity contribution < 1.29 is 9.53 Å². The molecule has 0 saturated heterocycles. The monoisotopic (exact) mass is 405 g/mol. The molecule has 0 atom stereocenters. The Morgan fingerprint density at radius 3 is 2.52 bits per heavy atom. The molecule has 1 aliphatic heterocycles. The second-order valence-corrected chi connectivity index (χ2v) is 8.08. The van der Waals surface area contributed by atoms with Crippen LogP contribution in [0.15, 0.2) is 90.6 Å². The van der Waals surface area contributed by atoms with Crippen LogP contribution in [-0.4, -0.2) is 10.5 Å². The Hall–Kier alpha value is -3.85. The maximum atomic E-state index is 12.6. The molecule has 2 heterocycles. The number of fused-ring (bicyclic) bond motifs is 1. The molecule has 0 fully saturated rings. The largest absolute Gasteiger partial charge is 0.422 e. The van der Waals surface area contributed by atoms with Crippen LogP contribution in [0.25, 0.3) is 22.7 Å². The van der Waals surface area contributed by atoms with Gasteiger partial charge in [0.2, 0.25) is 0 Å². The molecular formula is C28H23NO2. The van der Waals surface area contributed by atoms with Crippen LogP contribution in [-0.2, 0) is 16.1 Å². The Kier molecular flexibility index (Phi) is 4.79. The van der Waals surface area contributed by atoms with Crippen molar-refractivity contribution in [2.45, 2.75) is 20.4 Å². The zero-order valence-corrected chi connectivity index (χ0v) is 17.6. The normalized spacial score (nSPS) is 14.8. The van der Waals surface area contributed by atoms with Crippen LogP contribution in [0, 0.1) is 13.8 Å². The fourth-order valence-corrected chi connectivity index (χ4v) is 4.04. The highest BCUT2D eigenvalue weighted by Crippen LogP contribution is 2.30. The molecule has 0 spiro atoms. The maximum absolute atomic E-state index is 12.6. The van der Waals surface area contributed by atoms with Gasteiger partial charge in [0.1, 0.15) is 5.76 Å². The third-order valence-electron chi connectivity index (χ3n) is 5.63. The van der Waals surface area contributed by atoms with Gasteiger partial charge in [-0.2, -0.15) is 0 Å². The van der Waals surface area contributed by atoms with E-state index in [-0.39, 0.29) is 5.97 Å². The van der Waals surface area contributed by atoms with E-state index < -0.39 is 0 Å². The molecule has 0 aliphatic carbocycles. The minimum Gasteiger partial charge on any atom is -0.422 e. The highest BCUT2D eigenvalue weighted by molar-refractivity contribution is 6.06. The van der Waals surface area contributed by atoms with Crippen molar-refractivity contribution in [3.8, 4) is 0 Å². The Balaban J connectivity index is 1.53. The quantitative estimate of drug-likeness (QED) is 0.295. The minimum atomic E-state index is -0.314. The molecule has 3 aromatic carbocycles. The second-order valence-electron chi connectivity index (χ2n) is 8.08. The van der Waals surface area contributed by atoms with Crippen LogP contribution in [0.3, 0.4) is 0 Å². The maximum Gasteiger partial charge on any atom is 0.343 e. The molecule has 1 aromatic heterocycles. The predicted molar refractivity (Wildman–Crippen MR) is 125 cm³/mol. The molecule has 5 rings (SSSR count). The summed E-state index contributed by atoms with van der Waals surface area (Å²) in [6.45, 7) is 4.92. The number of rotatable bonds is 4. The van der Waals surface area contributed by atoms with Gasteiger partial charge in [-0.15, -0.1) is 0 Å². The van der Waals surface area contributed by atoms with Gasteiger partial charge in [0.05, 0.1) is 5.57 Å². The van der Waals surface area contributed by atoms with Crippen molar-refractivity contribution in [2.24, 2.45) is 0 Å². The molecule has 0 N–H and O–H groups in total. The molecule has 152 valence electrons.